The molecule has 15 heavy (non-hydrogen) atoms. The molecule has 0 amide bonds. The second kappa shape index (κ2) is 3.90. The van der Waals surface area contributed by atoms with Crippen LogP contribution in [0.15, 0.2) is 24.3 Å². The first kappa shape index (κ1) is 9.98. The summed E-state index contributed by atoms with van der Waals surface area (Å²) < 4.78 is 0. The van der Waals surface area contributed by atoms with Gasteiger partial charge in [-0.15, -0.1) is 0 Å². The SMILES string of the molecule is NC1CC(Nc2ccc(C(=O)O)cc2)C1. The summed E-state index contributed by atoms with van der Waals surface area (Å²) in [7, 11) is 0. The number of nitrogens with one attached hydrogen (secondary N) is 1. The van der Waals surface area contributed by atoms with Gasteiger partial charge in [0.05, 0.1) is 5.56 Å². The van der Waals surface area contributed by atoms with Gasteiger partial charge in [0, 0.05) is 17.8 Å². The number of benzene rings is 1. The molecule has 0 bridgehead atoms. The second-order valence-electron chi connectivity index (χ2n) is 3.96. The van der Waals surface area contributed by atoms with Gasteiger partial charge in [0.25, 0.3) is 0 Å². The van der Waals surface area contributed by atoms with Gasteiger partial charge in [-0.05, 0) is 37.1 Å². The summed E-state index contributed by atoms with van der Waals surface area (Å²) >= 11 is 0. The van der Waals surface area contributed by atoms with Crippen molar-refractivity contribution in [3.8, 4) is 0 Å². The highest BCUT2D eigenvalue weighted by atomic mass is 16.4. The number of hydrogen-bond acceptors (Lipinski definition) is 3. The smallest absolute Gasteiger partial charge is 0.335 e. The Morgan fingerprint density at radius 3 is 2.40 bits per heavy atom. The Balaban J connectivity index is 1.95. The van der Waals surface area contributed by atoms with E-state index >= 15 is 0 Å². The van der Waals surface area contributed by atoms with Crippen molar-refractivity contribution in [1.29, 1.82) is 0 Å². The van der Waals surface area contributed by atoms with E-state index in [-0.39, 0.29) is 0 Å². The Hall–Kier alpha value is -1.55. The van der Waals surface area contributed by atoms with Crippen LogP contribution < -0.4 is 11.1 Å². The third kappa shape index (κ3) is 2.27. The van der Waals surface area contributed by atoms with Crippen molar-refractivity contribution in [3.63, 3.8) is 0 Å². The van der Waals surface area contributed by atoms with E-state index in [1.807, 2.05) is 0 Å². The lowest BCUT2D eigenvalue weighted by Gasteiger charge is -2.33. The van der Waals surface area contributed by atoms with Crippen molar-refractivity contribution in [2.75, 3.05) is 5.32 Å². The average Bonchev–Trinajstić information content (AvgIpc) is 2.16. The molecule has 1 aromatic carbocycles. The molecular weight excluding hydrogens is 192 g/mol. The van der Waals surface area contributed by atoms with Crippen LogP contribution in [0.3, 0.4) is 0 Å². The van der Waals surface area contributed by atoms with Crippen LogP contribution in [-0.4, -0.2) is 23.2 Å². The maximum absolute atomic E-state index is 10.6. The van der Waals surface area contributed by atoms with Crippen molar-refractivity contribution >= 4 is 11.7 Å². The molecule has 0 saturated heterocycles. The Kier molecular flexibility index (Phi) is 2.60. The first-order chi connectivity index (χ1) is 7.15. The molecule has 0 atom stereocenters. The summed E-state index contributed by atoms with van der Waals surface area (Å²) in [5, 5.41) is 12.0. The largest absolute Gasteiger partial charge is 0.478 e. The molecule has 1 aromatic rings. The lowest BCUT2D eigenvalue weighted by molar-refractivity contribution is 0.0697. The van der Waals surface area contributed by atoms with Gasteiger partial charge in [-0.3, -0.25) is 0 Å². The van der Waals surface area contributed by atoms with Gasteiger partial charge in [0.15, 0.2) is 0 Å². The molecule has 2 rings (SSSR count). The minimum Gasteiger partial charge on any atom is -0.478 e. The molecule has 0 aromatic heterocycles. The highest BCUT2D eigenvalue weighted by Gasteiger charge is 2.25. The van der Waals surface area contributed by atoms with Crippen LogP contribution in [0.1, 0.15) is 23.2 Å². The van der Waals surface area contributed by atoms with E-state index in [9.17, 15) is 4.79 Å². The predicted molar refractivity (Wildman–Crippen MR) is 58.0 cm³/mol. The zero-order valence-electron chi connectivity index (χ0n) is 8.31. The molecule has 4 nitrogen and oxygen atoms in total. The van der Waals surface area contributed by atoms with Gasteiger partial charge in [0.2, 0.25) is 0 Å². The number of nitrogens with two attached hydrogens (primary N) is 1. The quantitative estimate of drug-likeness (QED) is 0.696. The number of anilines is 1. The molecule has 4 heteroatoms. The maximum atomic E-state index is 10.6. The van der Waals surface area contributed by atoms with Crippen LogP contribution in [-0.2, 0) is 0 Å². The van der Waals surface area contributed by atoms with E-state index in [0.29, 0.717) is 17.6 Å². The van der Waals surface area contributed by atoms with E-state index in [0.717, 1.165) is 18.5 Å². The van der Waals surface area contributed by atoms with Gasteiger partial charge in [-0.25, -0.2) is 4.79 Å². The third-order valence-corrected chi connectivity index (χ3v) is 2.68. The number of rotatable bonds is 3. The van der Waals surface area contributed by atoms with Crippen LogP contribution in [0.4, 0.5) is 5.69 Å². The summed E-state index contributed by atoms with van der Waals surface area (Å²) in [6, 6.07) is 7.53. The zero-order valence-corrected chi connectivity index (χ0v) is 8.31. The fourth-order valence-corrected chi connectivity index (χ4v) is 1.72. The van der Waals surface area contributed by atoms with Crippen LogP contribution >= 0.6 is 0 Å². The average molecular weight is 206 g/mol. The number of carboxylic acid groups (broad SMARTS) is 1. The topological polar surface area (TPSA) is 75.3 Å². The van der Waals surface area contributed by atoms with Crippen LogP contribution in [0.2, 0.25) is 0 Å². The van der Waals surface area contributed by atoms with E-state index in [4.69, 9.17) is 10.8 Å². The fourth-order valence-electron chi connectivity index (χ4n) is 1.72. The minimum absolute atomic E-state index is 0.311. The van der Waals surface area contributed by atoms with Gasteiger partial charge in [-0.1, -0.05) is 0 Å². The maximum Gasteiger partial charge on any atom is 0.335 e. The Morgan fingerprint density at radius 2 is 1.93 bits per heavy atom. The fraction of sp³-hybridized carbons (Fsp3) is 0.364. The van der Waals surface area contributed by atoms with Crippen molar-refractivity contribution in [1.82, 2.24) is 0 Å². The molecule has 4 N–H and O–H groups in total. The monoisotopic (exact) mass is 206 g/mol. The molecule has 1 fully saturated rings. The van der Waals surface area contributed by atoms with Crippen LogP contribution in [0, 0.1) is 0 Å². The summed E-state index contributed by atoms with van der Waals surface area (Å²) in [6.45, 7) is 0. The van der Waals surface area contributed by atoms with Gasteiger partial charge in [-0.2, -0.15) is 0 Å². The highest BCUT2D eigenvalue weighted by molar-refractivity contribution is 5.87. The molecule has 1 saturated carbocycles. The van der Waals surface area contributed by atoms with E-state index in [1.54, 1.807) is 24.3 Å². The first-order valence-electron chi connectivity index (χ1n) is 5.00. The van der Waals surface area contributed by atoms with Crippen molar-refractivity contribution in [2.24, 2.45) is 5.73 Å². The molecule has 0 aliphatic heterocycles. The lowest BCUT2D eigenvalue weighted by atomic mass is 9.87. The summed E-state index contributed by atoms with van der Waals surface area (Å²) in [4.78, 5) is 10.6. The second-order valence-corrected chi connectivity index (χ2v) is 3.96. The number of carbonyl (C=O) groups is 1. The van der Waals surface area contributed by atoms with Crippen LogP contribution in [0.25, 0.3) is 0 Å². The molecule has 1 aliphatic carbocycles. The van der Waals surface area contributed by atoms with E-state index in [2.05, 4.69) is 5.32 Å². The summed E-state index contributed by atoms with van der Waals surface area (Å²) in [5.41, 5.74) is 6.94. The molecule has 0 radical (unpaired) electrons. The molecule has 1 aliphatic rings. The van der Waals surface area contributed by atoms with E-state index in [1.165, 1.54) is 0 Å². The lowest BCUT2D eigenvalue weighted by Crippen LogP contribution is -2.44. The number of carboxylic acids is 1. The molecular formula is C11H14N2O2. The van der Waals surface area contributed by atoms with Crippen molar-refractivity contribution in [2.45, 2.75) is 24.9 Å². The third-order valence-electron chi connectivity index (χ3n) is 2.68. The zero-order chi connectivity index (χ0) is 10.8. The molecule has 0 unspecified atom stereocenters. The van der Waals surface area contributed by atoms with Crippen LogP contribution in [0.5, 0.6) is 0 Å². The first-order valence-corrected chi connectivity index (χ1v) is 5.00. The molecule has 80 valence electrons. The Labute approximate surface area is 88.1 Å². The van der Waals surface area contributed by atoms with E-state index < -0.39 is 5.97 Å². The Morgan fingerprint density at radius 1 is 1.33 bits per heavy atom. The predicted octanol–water partition coefficient (Wildman–Crippen LogP) is 1.29. The van der Waals surface area contributed by atoms with Gasteiger partial charge in [0.1, 0.15) is 0 Å². The molecule has 0 heterocycles. The highest BCUT2D eigenvalue weighted by Crippen LogP contribution is 2.22. The number of aromatic carboxylic acids is 1. The standard InChI is InChI=1S/C11H14N2O2/c12-8-5-10(6-8)13-9-3-1-7(2-4-9)11(14)15/h1-4,8,10,13H,5-6,12H2,(H,14,15). The molecule has 0 spiro atoms. The van der Waals surface area contributed by atoms with Gasteiger partial charge < -0.3 is 16.2 Å². The summed E-state index contributed by atoms with van der Waals surface area (Å²) in [5.74, 6) is -0.896. The number of hydrogen-bond donors (Lipinski definition) is 3. The minimum atomic E-state index is -0.896. The summed E-state index contributed by atoms with van der Waals surface area (Å²) in [6.07, 6.45) is 1.97. The van der Waals surface area contributed by atoms with Crippen molar-refractivity contribution in [3.05, 3.63) is 29.8 Å². The van der Waals surface area contributed by atoms with Crippen molar-refractivity contribution < 1.29 is 9.90 Å². The van der Waals surface area contributed by atoms with Gasteiger partial charge >= 0.3 is 5.97 Å². The Bertz CT molecular complexity index is 355. The normalized spacial score (nSPS) is 24.3.